The normalized spacial score (nSPS) is 25.3. The molecule has 2 heterocycles. The van der Waals surface area contributed by atoms with E-state index < -0.39 is 0 Å². The van der Waals surface area contributed by atoms with E-state index in [4.69, 9.17) is 4.74 Å². The van der Waals surface area contributed by atoms with E-state index in [1.54, 1.807) is 0 Å². The Bertz CT molecular complexity index is 529. The predicted molar refractivity (Wildman–Crippen MR) is 91.1 cm³/mol. The van der Waals surface area contributed by atoms with Gasteiger partial charge in [0.1, 0.15) is 0 Å². The second kappa shape index (κ2) is 7.02. The van der Waals surface area contributed by atoms with Crippen molar-refractivity contribution >= 4 is 5.91 Å². The zero-order valence-corrected chi connectivity index (χ0v) is 14.3. The topological polar surface area (TPSA) is 32.8 Å². The molecule has 2 aliphatic rings. The van der Waals surface area contributed by atoms with Crippen LogP contribution in [-0.4, -0.2) is 54.1 Å². The first-order valence-electron chi connectivity index (χ1n) is 8.72. The van der Waals surface area contributed by atoms with Crippen molar-refractivity contribution in [3.05, 3.63) is 35.9 Å². The van der Waals surface area contributed by atoms with Gasteiger partial charge in [-0.05, 0) is 38.8 Å². The molecule has 2 aliphatic heterocycles. The molecule has 23 heavy (non-hydrogen) atoms. The van der Waals surface area contributed by atoms with Crippen molar-refractivity contribution in [3.8, 4) is 0 Å². The van der Waals surface area contributed by atoms with Crippen molar-refractivity contribution in [1.82, 2.24) is 9.80 Å². The quantitative estimate of drug-likeness (QED) is 0.859. The standard InChI is InChI=1S/C19H28N2O2/c1-19(2)15-23-12-11-21(19)18(22)17-9-6-10-20(14-17)13-16-7-4-3-5-8-16/h3-5,7-8,17H,6,9-15H2,1-2H3. The largest absolute Gasteiger partial charge is 0.377 e. The molecule has 0 saturated carbocycles. The Morgan fingerprint density at radius 3 is 2.78 bits per heavy atom. The Kier molecular flexibility index (Phi) is 5.02. The van der Waals surface area contributed by atoms with Crippen LogP contribution >= 0.6 is 0 Å². The second-order valence-electron chi connectivity index (χ2n) is 7.41. The van der Waals surface area contributed by atoms with Crippen LogP contribution in [-0.2, 0) is 16.1 Å². The smallest absolute Gasteiger partial charge is 0.227 e. The van der Waals surface area contributed by atoms with Gasteiger partial charge in [0.25, 0.3) is 0 Å². The fourth-order valence-electron chi connectivity index (χ4n) is 3.73. The average molecular weight is 316 g/mol. The van der Waals surface area contributed by atoms with Crippen LogP contribution in [0.4, 0.5) is 0 Å². The molecular weight excluding hydrogens is 288 g/mol. The number of morpholine rings is 1. The summed E-state index contributed by atoms with van der Waals surface area (Å²) in [5, 5.41) is 0. The van der Waals surface area contributed by atoms with Gasteiger partial charge in [0.05, 0.1) is 24.7 Å². The number of carbonyl (C=O) groups is 1. The van der Waals surface area contributed by atoms with Gasteiger partial charge < -0.3 is 9.64 Å². The van der Waals surface area contributed by atoms with Crippen LogP contribution in [0.3, 0.4) is 0 Å². The molecule has 0 aliphatic carbocycles. The van der Waals surface area contributed by atoms with Crippen LogP contribution in [0.5, 0.6) is 0 Å². The van der Waals surface area contributed by atoms with Gasteiger partial charge in [-0.15, -0.1) is 0 Å². The van der Waals surface area contributed by atoms with E-state index in [1.165, 1.54) is 5.56 Å². The Balaban J connectivity index is 1.62. The van der Waals surface area contributed by atoms with Gasteiger partial charge in [0.2, 0.25) is 5.91 Å². The molecule has 1 aromatic rings. The van der Waals surface area contributed by atoms with Crippen LogP contribution in [0, 0.1) is 5.92 Å². The maximum absolute atomic E-state index is 13.0. The first-order chi connectivity index (χ1) is 11.1. The first kappa shape index (κ1) is 16.5. The van der Waals surface area contributed by atoms with E-state index in [9.17, 15) is 4.79 Å². The fraction of sp³-hybridized carbons (Fsp3) is 0.632. The summed E-state index contributed by atoms with van der Waals surface area (Å²) in [4.78, 5) is 17.5. The van der Waals surface area contributed by atoms with E-state index in [2.05, 4.69) is 43.0 Å². The monoisotopic (exact) mass is 316 g/mol. The Labute approximate surface area is 139 Å². The van der Waals surface area contributed by atoms with E-state index >= 15 is 0 Å². The van der Waals surface area contributed by atoms with Crippen LogP contribution in [0.2, 0.25) is 0 Å². The van der Waals surface area contributed by atoms with E-state index in [0.29, 0.717) is 19.1 Å². The molecule has 0 N–H and O–H groups in total. The summed E-state index contributed by atoms with van der Waals surface area (Å²) >= 11 is 0. The number of hydrogen-bond acceptors (Lipinski definition) is 3. The number of piperidine rings is 1. The molecule has 0 aromatic heterocycles. The highest BCUT2D eigenvalue weighted by molar-refractivity contribution is 5.80. The molecule has 2 saturated heterocycles. The van der Waals surface area contributed by atoms with Gasteiger partial charge in [0.15, 0.2) is 0 Å². The van der Waals surface area contributed by atoms with Gasteiger partial charge in [-0.2, -0.15) is 0 Å². The van der Waals surface area contributed by atoms with Crippen molar-refractivity contribution in [1.29, 1.82) is 0 Å². The van der Waals surface area contributed by atoms with Crippen molar-refractivity contribution in [2.24, 2.45) is 5.92 Å². The van der Waals surface area contributed by atoms with E-state index in [1.807, 2.05) is 11.0 Å². The Morgan fingerprint density at radius 1 is 1.26 bits per heavy atom. The number of nitrogens with zero attached hydrogens (tertiary/aromatic N) is 2. The second-order valence-corrected chi connectivity index (χ2v) is 7.41. The predicted octanol–water partition coefficient (Wildman–Crippen LogP) is 2.54. The van der Waals surface area contributed by atoms with Gasteiger partial charge in [0, 0.05) is 19.6 Å². The van der Waals surface area contributed by atoms with Crippen LogP contribution in [0.25, 0.3) is 0 Å². The number of ether oxygens (including phenoxy) is 1. The lowest BCUT2D eigenvalue weighted by molar-refractivity contribution is -0.152. The third-order valence-electron chi connectivity index (χ3n) is 5.02. The van der Waals surface area contributed by atoms with Gasteiger partial charge in [-0.25, -0.2) is 0 Å². The molecule has 0 radical (unpaired) electrons. The summed E-state index contributed by atoms with van der Waals surface area (Å²) in [6.07, 6.45) is 2.12. The summed E-state index contributed by atoms with van der Waals surface area (Å²) < 4.78 is 5.55. The lowest BCUT2D eigenvalue weighted by Crippen LogP contribution is -2.58. The van der Waals surface area contributed by atoms with Gasteiger partial charge in [-0.1, -0.05) is 30.3 Å². The first-order valence-corrected chi connectivity index (χ1v) is 8.72. The average Bonchev–Trinajstić information content (AvgIpc) is 2.55. The third-order valence-corrected chi connectivity index (χ3v) is 5.02. The molecule has 1 amide bonds. The lowest BCUT2D eigenvalue weighted by Gasteiger charge is -2.45. The Hall–Kier alpha value is -1.39. The molecule has 1 unspecified atom stereocenters. The molecular formula is C19H28N2O2. The summed E-state index contributed by atoms with van der Waals surface area (Å²) in [7, 11) is 0. The highest BCUT2D eigenvalue weighted by Gasteiger charge is 2.38. The highest BCUT2D eigenvalue weighted by Crippen LogP contribution is 2.26. The lowest BCUT2D eigenvalue weighted by atomic mass is 9.93. The summed E-state index contributed by atoms with van der Waals surface area (Å²) in [6, 6.07) is 10.5. The third kappa shape index (κ3) is 3.93. The minimum Gasteiger partial charge on any atom is -0.377 e. The number of carbonyl (C=O) groups excluding carboxylic acids is 1. The molecule has 2 fully saturated rings. The SMILES string of the molecule is CC1(C)COCCN1C(=O)C1CCCN(Cc2ccccc2)C1. The fourth-order valence-corrected chi connectivity index (χ4v) is 3.73. The minimum absolute atomic E-state index is 0.129. The molecule has 4 heteroatoms. The summed E-state index contributed by atoms with van der Waals surface area (Å²) in [5.41, 5.74) is 1.14. The van der Waals surface area contributed by atoms with E-state index in [-0.39, 0.29) is 11.5 Å². The number of benzene rings is 1. The summed E-state index contributed by atoms with van der Waals surface area (Å²) in [6.45, 7) is 9.14. The maximum Gasteiger partial charge on any atom is 0.227 e. The van der Waals surface area contributed by atoms with Crippen molar-refractivity contribution in [3.63, 3.8) is 0 Å². The number of rotatable bonds is 3. The number of amides is 1. The van der Waals surface area contributed by atoms with E-state index in [0.717, 1.165) is 39.0 Å². The zero-order valence-electron chi connectivity index (χ0n) is 14.3. The maximum atomic E-state index is 13.0. The van der Waals surface area contributed by atoms with Gasteiger partial charge >= 0.3 is 0 Å². The molecule has 1 atom stereocenters. The molecule has 3 rings (SSSR count). The van der Waals surface area contributed by atoms with Crippen molar-refractivity contribution < 1.29 is 9.53 Å². The zero-order chi connectivity index (χ0) is 16.3. The molecule has 4 nitrogen and oxygen atoms in total. The van der Waals surface area contributed by atoms with Gasteiger partial charge in [-0.3, -0.25) is 9.69 Å². The molecule has 0 bridgehead atoms. The molecule has 0 spiro atoms. The molecule has 1 aromatic carbocycles. The Morgan fingerprint density at radius 2 is 2.04 bits per heavy atom. The summed E-state index contributed by atoms with van der Waals surface area (Å²) in [5.74, 6) is 0.445. The highest BCUT2D eigenvalue weighted by atomic mass is 16.5. The minimum atomic E-state index is -0.183. The van der Waals surface area contributed by atoms with Crippen LogP contribution < -0.4 is 0 Å². The molecule has 126 valence electrons. The van der Waals surface area contributed by atoms with Crippen molar-refractivity contribution in [2.75, 3.05) is 32.8 Å². The van der Waals surface area contributed by atoms with Crippen molar-refractivity contribution in [2.45, 2.75) is 38.8 Å². The van der Waals surface area contributed by atoms with Crippen LogP contribution in [0.1, 0.15) is 32.3 Å². The van der Waals surface area contributed by atoms with Crippen LogP contribution in [0.15, 0.2) is 30.3 Å². The number of likely N-dealkylation sites (tertiary alicyclic amines) is 1. The number of hydrogen-bond donors (Lipinski definition) is 0.